The Bertz CT molecular complexity index is 613. The molecule has 1 aromatic carbocycles. The van der Waals surface area contributed by atoms with Crippen LogP contribution in [0, 0.1) is 17.0 Å². The summed E-state index contributed by atoms with van der Waals surface area (Å²) in [4.78, 5) is 18.9. The van der Waals surface area contributed by atoms with E-state index in [0.29, 0.717) is 17.2 Å². The third-order valence-electron chi connectivity index (χ3n) is 2.69. The lowest BCUT2D eigenvalue weighted by molar-refractivity contribution is -0.384. The van der Waals surface area contributed by atoms with Crippen molar-refractivity contribution in [3.05, 3.63) is 46.1 Å². The number of rotatable bonds is 4. The highest BCUT2D eigenvalue weighted by atomic mass is 16.6. The monoisotopic (exact) mass is 258 g/mol. The molecule has 1 N–H and O–H groups in total. The molecule has 0 aliphatic heterocycles. The first-order valence-electron chi connectivity index (χ1n) is 5.94. The van der Waals surface area contributed by atoms with Gasteiger partial charge in [-0.3, -0.25) is 10.1 Å². The van der Waals surface area contributed by atoms with Crippen LogP contribution in [0.1, 0.15) is 12.5 Å². The van der Waals surface area contributed by atoms with E-state index in [1.165, 1.54) is 12.1 Å². The van der Waals surface area contributed by atoms with Crippen LogP contribution in [0.15, 0.2) is 30.5 Å². The van der Waals surface area contributed by atoms with Crippen molar-refractivity contribution in [1.29, 1.82) is 0 Å². The molecule has 0 aliphatic rings. The SMILES string of the molecule is CCNc1ccnc(-c2cc([N+](=O)[O-])ccc2C)n1. The van der Waals surface area contributed by atoms with E-state index >= 15 is 0 Å². The van der Waals surface area contributed by atoms with Crippen molar-refractivity contribution in [3.8, 4) is 11.4 Å². The van der Waals surface area contributed by atoms with Gasteiger partial charge in [0.2, 0.25) is 0 Å². The van der Waals surface area contributed by atoms with Crippen molar-refractivity contribution >= 4 is 11.5 Å². The van der Waals surface area contributed by atoms with Gasteiger partial charge in [-0.05, 0) is 25.5 Å². The summed E-state index contributed by atoms with van der Waals surface area (Å²) in [5.41, 5.74) is 1.62. The molecule has 1 heterocycles. The van der Waals surface area contributed by atoms with Gasteiger partial charge in [0.1, 0.15) is 5.82 Å². The lowest BCUT2D eigenvalue weighted by atomic mass is 10.1. The van der Waals surface area contributed by atoms with Crippen LogP contribution in [0.2, 0.25) is 0 Å². The van der Waals surface area contributed by atoms with Crippen molar-refractivity contribution in [1.82, 2.24) is 9.97 Å². The molecule has 19 heavy (non-hydrogen) atoms. The van der Waals surface area contributed by atoms with Crippen molar-refractivity contribution < 1.29 is 4.92 Å². The van der Waals surface area contributed by atoms with E-state index in [1.54, 1.807) is 18.3 Å². The molecule has 1 aromatic heterocycles. The van der Waals surface area contributed by atoms with Gasteiger partial charge in [0.25, 0.3) is 5.69 Å². The molecule has 6 heteroatoms. The van der Waals surface area contributed by atoms with Crippen molar-refractivity contribution in [2.45, 2.75) is 13.8 Å². The average Bonchev–Trinajstić information content (AvgIpc) is 2.39. The minimum Gasteiger partial charge on any atom is -0.370 e. The van der Waals surface area contributed by atoms with Crippen LogP contribution in [-0.4, -0.2) is 21.4 Å². The smallest absolute Gasteiger partial charge is 0.270 e. The molecule has 0 amide bonds. The number of hydrogen-bond acceptors (Lipinski definition) is 5. The first kappa shape index (κ1) is 12.9. The number of nitrogens with zero attached hydrogens (tertiary/aromatic N) is 3. The van der Waals surface area contributed by atoms with Crippen molar-refractivity contribution in [2.24, 2.45) is 0 Å². The van der Waals surface area contributed by atoms with Crippen molar-refractivity contribution in [3.63, 3.8) is 0 Å². The Morgan fingerprint density at radius 1 is 1.37 bits per heavy atom. The summed E-state index contributed by atoms with van der Waals surface area (Å²) in [7, 11) is 0. The largest absolute Gasteiger partial charge is 0.370 e. The molecular weight excluding hydrogens is 244 g/mol. The molecule has 2 rings (SSSR count). The number of benzene rings is 1. The molecule has 0 bridgehead atoms. The number of nitro benzene ring substituents is 1. The predicted octanol–water partition coefficient (Wildman–Crippen LogP) is 2.79. The van der Waals surface area contributed by atoms with Gasteiger partial charge >= 0.3 is 0 Å². The van der Waals surface area contributed by atoms with Crippen LogP contribution in [-0.2, 0) is 0 Å². The average molecular weight is 258 g/mol. The maximum atomic E-state index is 10.8. The minimum absolute atomic E-state index is 0.0399. The molecule has 0 atom stereocenters. The molecule has 0 unspecified atom stereocenters. The van der Waals surface area contributed by atoms with E-state index < -0.39 is 4.92 Å². The second kappa shape index (κ2) is 5.43. The van der Waals surface area contributed by atoms with Gasteiger partial charge in [-0.1, -0.05) is 6.07 Å². The lowest BCUT2D eigenvalue weighted by Gasteiger charge is -2.07. The second-order valence-electron chi connectivity index (χ2n) is 4.05. The number of aromatic nitrogens is 2. The van der Waals surface area contributed by atoms with Gasteiger partial charge < -0.3 is 5.32 Å². The van der Waals surface area contributed by atoms with Gasteiger partial charge in [-0.2, -0.15) is 0 Å². The summed E-state index contributed by atoms with van der Waals surface area (Å²) in [5, 5.41) is 13.9. The van der Waals surface area contributed by atoms with Crippen LogP contribution >= 0.6 is 0 Å². The van der Waals surface area contributed by atoms with E-state index in [9.17, 15) is 10.1 Å². The molecule has 0 aliphatic carbocycles. The number of nitro groups is 1. The normalized spacial score (nSPS) is 10.2. The minimum atomic E-state index is -0.420. The van der Waals surface area contributed by atoms with Gasteiger partial charge in [-0.25, -0.2) is 9.97 Å². The maximum Gasteiger partial charge on any atom is 0.270 e. The standard InChI is InChI=1S/C13H14N4O2/c1-3-14-12-6-7-15-13(16-12)11-8-10(17(18)19)5-4-9(11)2/h4-8H,3H2,1-2H3,(H,14,15,16). The fraction of sp³-hybridized carbons (Fsp3) is 0.231. The molecule has 0 spiro atoms. The maximum absolute atomic E-state index is 10.8. The van der Waals surface area contributed by atoms with E-state index in [2.05, 4.69) is 15.3 Å². The third kappa shape index (κ3) is 2.85. The molecule has 0 saturated heterocycles. The molecule has 0 radical (unpaired) electrons. The Hall–Kier alpha value is -2.50. The van der Waals surface area contributed by atoms with Crippen LogP contribution in [0.3, 0.4) is 0 Å². The van der Waals surface area contributed by atoms with Crippen LogP contribution < -0.4 is 5.32 Å². The van der Waals surface area contributed by atoms with Gasteiger partial charge in [-0.15, -0.1) is 0 Å². The number of hydrogen-bond donors (Lipinski definition) is 1. The topological polar surface area (TPSA) is 81.0 Å². The predicted molar refractivity (Wildman–Crippen MR) is 73.0 cm³/mol. The summed E-state index contributed by atoms with van der Waals surface area (Å²) in [6.07, 6.45) is 1.64. The zero-order valence-electron chi connectivity index (χ0n) is 10.8. The van der Waals surface area contributed by atoms with Gasteiger partial charge in [0.15, 0.2) is 5.82 Å². The number of nitrogens with one attached hydrogen (secondary N) is 1. The lowest BCUT2D eigenvalue weighted by Crippen LogP contribution is -2.01. The molecule has 98 valence electrons. The van der Waals surface area contributed by atoms with E-state index in [0.717, 1.165) is 12.1 Å². The Balaban J connectivity index is 2.48. The first-order valence-corrected chi connectivity index (χ1v) is 5.94. The number of anilines is 1. The van der Waals surface area contributed by atoms with Crippen LogP contribution in [0.4, 0.5) is 11.5 Å². The van der Waals surface area contributed by atoms with E-state index in [1.807, 2.05) is 13.8 Å². The van der Waals surface area contributed by atoms with Gasteiger partial charge in [0.05, 0.1) is 4.92 Å². The highest BCUT2D eigenvalue weighted by molar-refractivity contribution is 5.64. The van der Waals surface area contributed by atoms with Crippen LogP contribution in [0.25, 0.3) is 11.4 Å². The van der Waals surface area contributed by atoms with Crippen LogP contribution in [0.5, 0.6) is 0 Å². The number of non-ortho nitro benzene ring substituents is 1. The summed E-state index contributed by atoms with van der Waals surface area (Å²) in [6.45, 7) is 4.60. The summed E-state index contributed by atoms with van der Waals surface area (Å²) < 4.78 is 0. The highest BCUT2D eigenvalue weighted by Gasteiger charge is 2.12. The fourth-order valence-electron chi connectivity index (χ4n) is 1.73. The molecule has 0 saturated carbocycles. The first-order chi connectivity index (χ1) is 9.11. The molecule has 6 nitrogen and oxygen atoms in total. The Kier molecular flexibility index (Phi) is 3.70. The molecule has 2 aromatic rings. The third-order valence-corrected chi connectivity index (χ3v) is 2.69. The highest BCUT2D eigenvalue weighted by Crippen LogP contribution is 2.25. The quantitative estimate of drug-likeness (QED) is 0.673. The number of aryl methyl sites for hydroxylation is 1. The van der Waals surface area contributed by atoms with E-state index in [4.69, 9.17) is 0 Å². The fourth-order valence-corrected chi connectivity index (χ4v) is 1.73. The summed E-state index contributed by atoms with van der Waals surface area (Å²) >= 11 is 0. The second-order valence-corrected chi connectivity index (χ2v) is 4.05. The molecule has 0 fully saturated rings. The van der Waals surface area contributed by atoms with E-state index in [-0.39, 0.29) is 5.69 Å². The zero-order valence-corrected chi connectivity index (χ0v) is 10.8. The Labute approximate surface area is 110 Å². The van der Waals surface area contributed by atoms with Crippen molar-refractivity contribution in [2.75, 3.05) is 11.9 Å². The Morgan fingerprint density at radius 2 is 2.16 bits per heavy atom. The Morgan fingerprint density at radius 3 is 2.84 bits per heavy atom. The summed E-state index contributed by atoms with van der Waals surface area (Å²) in [5.74, 6) is 1.19. The summed E-state index contributed by atoms with van der Waals surface area (Å²) in [6, 6.07) is 6.45. The van der Waals surface area contributed by atoms with Gasteiger partial charge in [0, 0.05) is 30.4 Å². The zero-order chi connectivity index (χ0) is 13.8. The molecular formula is C13H14N4O2.